The van der Waals surface area contributed by atoms with Gasteiger partial charge in [-0.1, -0.05) is 42.0 Å². The van der Waals surface area contributed by atoms with Gasteiger partial charge in [-0.2, -0.15) is 0 Å². The van der Waals surface area contributed by atoms with Gasteiger partial charge in [-0.15, -0.1) is 5.10 Å². The molecule has 1 aliphatic heterocycles. The van der Waals surface area contributed by atoms with Crippen LogP contribution in [0.2, 0.25) is 0 Å². The molecule has 138 valence electrons. The molecule has 26 heavy (non-hydrogen) atoms. The summed E-state index contributed by atoms with van der Waals surface area (Å²) in [7, 11) is 0. The lowest BCUT2D eigenvalue weighted by Crippen LogP contribution is -2.34. The van der Waals surface area contributed by atoms with Crippen molar-refractivity contribution in [3.63, 3.8) is 0 Å². The van der Waals surface area contributed by atoms with E-state index < -0.39 is 0 Å². The SMILES string of the molecule is O=C(NCCCN1CCCCCC1=O)c1cn(Cc2ccccc2)nn1. The largest absolute Gasteiger partial charge is 0.351 e. The Morgan fingerprint density at radius 3 is 2.85 bits per heavy atom. The van der Waals surface area contributed by atoms with E-state index in [1.54, 1.807) is 10.9 Å². The summed E-state index contributed by atoms with van der Waals surface area (Å²) >= 11 is 0. The predicted octanol–water partition coefficient (Wildman–Crippen LogP) is 1.85. The molecule has 1 aromatic carbocycles. The molecular weight excluding hydrogens is 330 g/mol. The highest BCUT2D eigenvalue weighted by Crippen LogP contribution is 2.11. The fourth-order valence-corrected chi connectivity index (χ4v) is 3.09. The van der Waals surface area contributed by atoms with Gasteiger partial charge in [0.1, 0.15) is 0 Å². The van der Waals surface area contributed by atoms with Crippen molar-refractivity contribution in [2.75, 3.05) is 19.6 Å². The molecule has 1 fully saturated rings. The topological polar surface area (TPSA) is 80.1 Å². The maximum Gasteiger partial charge on any atom is 0.273 e. The molecule has 0 unspecified atom stereocenters. The van der Waals surface area contributed by atoms with Crippen molar-refractivity contribution in [2.45, 2.75) is 38.6 Å². The fraction of sp³-hybridized carbons (Fsp3) is 0.474. The summed E-state index contributed by atoms with van der Waals surface area (Å²) in [6.07, 6.45) is 6.23. The van der Waals surface area contributed by atoms with Crippen molar-refractivity contribution in [1.29, 1.82) is 0 Å². The Morgan fingerprint density at radius 1 is 1.15 bits per heavy atom. The van der Waals surface area contributed by atoms with Crippen molar-refractivity contribution >= 4 is 11.8 Å². The first kappa shape index (κ1) is 18.1. The molecule has 2 heterocycles. The summed E-state index contributed by atoms with van der Waals surface area (Å²) in [6.45, 7) is 2.63. The average Bonchev–Trinajstić information content (AvgIpc) is 3.02. The van der Waals surface area contributed by atoms with Crippen molar-refractivity contribution in [2.24, 2.45) is 0 Å². The van der Waals surface area contributed by atoms with Gasteiger partial charge in [0.2, 0.25) is 5.91 Å². The molecule has 0 radical (unpaired) electrons. The summed E-state index contributed by atoms with van der Waals surface area (Å²) in [5.41, 5.74) is 1.42. The van der Waals surface area contributed by atoms with Crippen LogP contribution in [0.5, 0.6) is 0 Å². The number of likely N-dealkylation sites (tertiary alicyclic amines) is 1. The second kappa shape index (κ2) is 9.12. The Morgan fingerprint density at radius 2 is 2.00 bits per heavy atom. The van der Waals surface area contributed by atoms with Gasteiger partial charge >= 0.3 is 0 Å². The minimum atomic E-state index is -0.230. The Balaban J connectivity index is 1.41. The first-order chi connectivity index (χ1) is 12.7. The van der Waals surface area contributed by atoms with Gasteiger partial charge in [0, 0.05) is 26.1 Å². The molecule has 0 bridgehead atoms. The fourth-order valence-electron chi connectivity index (χ4n) is 3.09. The summed E-state index contributed by atoms with van der Waals surface area (Å²) in [5, 5.41) is 10.8. The Bertz CT molecular complexity index is 729. The van der Waals surface area contributed by atoms with E-state index in [2.05, 4.69) is 15.6 Å². The molecule has 1 aliphatic rings. The van der Waals surface area contributed by atoms with Crippen LogP contribution in [0.1, 0.15) is 48.2 Å². The number of carbonyl (C=O) groups excluding carboxylic acids is 2. The number of rotatable bonds is 7. The number of benzene rings is 1. The normalized spacial score (nSPS) is 14.9. The highest BCUT2D eigenvalue weighted by Gasteiger charge is 2.16. The number of carbonyl (C=O) groups is 2. The lowest BCUT2D eigenvalue weighted by atomic mass is 10.2. The van der Waals surface area contributed by atoms with E-state index in [1.165, 1.54) is 0 Å². The van der Waals surface area contributed by atoms with Gasteiger partial charge in [0.05, 0.1) is 12.7 Å². The third-order valence-electron chi connectivity index (χ3n) is 4.52. The van der Waals surface area contributed by atoms with Crippen LogP contribution in [-0.2, 0) is 11.3 Å². The zero-order valence-electron chi connectivity index (χ0n) is 14.9. The lowest BCUT2D eigenvalue weighted by Gasteiger charge is -2.20. The van der Waals surface area contributed by atoms with Gasteiger partial charge in [-0.05, 0) is 24.8 Å². The van der Waals surface area contributed by atoms with Crippen LogP contribution in [-0.4, -0.2) is 51.3 Å². The van der Waals surface area contributed by atoms with Gasteiger partial charge in [-0.25, -0.2) is 4.68 Å². The van der Waals surface area contributed by atoms with E-state index in [0.717, 1.165) is 37.8 Å². The zero-order valence-corrected chi connectivity index (χ0v) is 14.9. The second-order valence-corrected chi connectivity index (χ2v) is 6.59. The first-order valence-corrected chi connectivity index (χ1v) is 9.22. The highest BCUT2D eigenvalue weighted by molar-refractivity contribution is 5.91. The lowest BCUT2D eigenvalue weighted by molar-refractivity contribution is -0.130. The van der Waals surface area contributed by atoms with Crippen molar-refractivity contribution in [3.05, 3.63) is 47.8 Å². The zero-order chi connectivity index (χ0) is 18.2. The maximum atomic E-state index is 12.2. The third kappa shape index (κ3) is 5.15. The minimum Gasteiger partial charge on any atom is -0.351 e. The average molecular weight is 355 g/mol. The second-order valence-electron chi connectivity index (χ2n) is 6.59. The maximum absolute atomic E-state index is 12.2. The molecule has 7 heteroatoms. The molecule has 1 aromatic heterocycles. The van der Waals surface area contributed by atoms with E-state index in [0.29, 0.717) is 31.7 Å². The van der Waals surface area contributed by atoms with Gasteiger partial charge in [0.15, 0.2) is 5.69 Å². The van der Waals surface area contributed by atoms with E-state index >= 15 is 0 Å². The van der Waals surface area contributed by atoms with Crippen molar-refractivity contribution < 1.29 is 9.59 Å². The molecule has 3 rings (SSSR count). The van der Waals surface area contributed by atoms with Crippen LogP contribution in [0.4, 0.5) is 0 Å². The minimum absolute atomic E-state index is 0.230. The Hall–Kier alpha value is -2.70. The number of nitrogens with one attached hydrogen (secondary N) is 1. The van der Waals surface area contributed by atoms with Crippen molar-refractivity contribution in [3.8, 4) is 0 Å². The van der Waals surface area contributed by atoms with Crippen LogP contribution >= 0.6 is 0 Å². The standard InChI is InChI=1S/C19H25N5O2/c25-18-10-5-2-6-12-23(18)13-7-11-20-19(26)17-15-24(22-21-17)14-16-8-3-1-4-9-16/h1,3-4,8-9,15H,2,5-7,10-14H2,(H,20,26). The Labute approximate surface area is 153 Å². The molecule has 0 aliphatic carbocycles. The van der Waals surface area contributed by atoms with Crippen LogP contribution in [0.3, 0.4) is 0 Å². The van der Waals surface area contributed by atoms with E-state index in [9.17, 15) is 9.59 Å². The summed E-state index contributed by atoms with van der Waals surface area (Å²) in [5.74, 6) is 0.00388. The molecule has 2 aromatic rings. The van der Waals surface area contributed by atoms with Crippen LogP contribution in [0.25, 0.3) is 0 Å². The number of nitrogens with zero attached hydrogens (tertiary/aromatic N) is 4. The number of hydrogen-bond donors (Lipinski definition) is 1. The van der Waals surface area contributed by atoms with Gasteiger partial charge in [0.25, 0.3) is 5.91 Å². The van der Waals surface area contributed by atoms with Crippen LogP contribution < -0.4 is 5.32 Å². The van der Waals surface area contributed by atoms with Crippen molar-refractivity contribution in [1.82, 2.24) is 25.2 Å². The summed E-state index contributed by atoms with van der Waals surface area (Å²) in [4.78, 5) is 26.0. The van der Waals surface area contributed by atoms with E-state index in [1.807, 2.05) is 35.2 Å². The van der Waals surface area contributed by atoms with Gasteiger partial charge < -0.3 is 10.2 Å². The van der Waals surface area contributed by atoms with Crippen LogP contribution in [0.15, 0.2) is 36.5 Å². The molecular formula is C19H25N5O2. The molecule has 1 saturated heterocycles. The van der Waals surface area contributed by atoms with Gasteiger partial charge in [-0.3, -0.25) is 9.59 Å². The smallest absolute Gasteiger partial charge is 0.273 e. The molecule has 0 spiro atoms. The number of hydrogen-bond acceptors (Lipinski definition) is 4. The molecule has 1 N–H and O–H groups in total. The molecule has 0 saturated carbocycles. The number of aromatic nitrogens is 3. The molecule has 7 nitrogen and oxygen atoms in total. The van der Waals surface area contributed by atoms with E-state index in [4.69, 9.17) is 0 Å². The highest BCUT2D eigenvalue weighted by atomic mass is 16.2. The quantitative estimate of drug-likeness (QED) is 0.769. The first-order valence-electron chi connectivity index (χ1n) is 9.22. The third-order valence-corrected chi connectivity index (χ3v) is 4.52. The predicted molar refractivity (Wildman–Crippen MR) is 97.6 cm³/mol. The van der Waals surface area contributed by atoms with Crippen LogP contribution in [0, 0.1) is 0 Å². The summed E-state index contributed by atoms with van der Waals surface area (Å²) in [6, 6.07) is 9.91. The number of amides is 2. The van der Waals surface area contributed by atoms with E-state index in [-0.39, 0.29) is 11.8 Å². The molecule has 2 amide bonds. The molecule has 0 atom stereocenters. The monoisotopic (exact) mass is 355 g/mol. The summed E-state index contributed by atoms with van der Waals surface area (Å²) < 4.78 is 1.65. The Kier molecular flexibility index (Phi) is 6.35.